The van der Waals surface area contributed by atoms with Crippen LogP contribution >= 0.6 is 0 Å². The van der Waals surface area contributed by atoms with Gasteiger partial charge in [-0.25, -0.2) is 0 Å². The smallest absolute Gasteiger partial charge is 0.252 e. The molecule has 0 aromatic carbocycles. The average Bonchev–Trinajstić information content (AvgIpc) is 2.47. The maximum absolute atomic E-state index is 11.9. The number of hydrogen-bond acceptors (Lipinski definition) is 3. The fourth-order valence-corrected chi connectivity index (χ4v) is 2.41. The lowest BCUT2D eigenvalue weighted by atomic mass is 10.2. The normalized spacial score (nSPS) is 10.9. The van der Waals surface area contributed by atoms with Crippen molar-refractivity contribution in [2.45, 2.75) is 46.5 Å². The minimum absolute atomic E-state index is 0.0230. The van der Waals surface area contributed by atoms with Crippen LogP contribution in [-0.2, 0) is 0 Å². The molecule has 0 radical (unpaired) electrons. The highest BCUT2D eigenvalue weighted by Gasteiger charge is 2.06. The number of carbonyl (C=O) groups excluding carboxylic acids is 1. The molecule has 0 fully saturated rings. The standard InChI is InChI=1S/C17H29N3O/c1-4-9-20(10-5-2)11-7-6-8-19-17(21)16-12-15(3)13-18-14-16/h12-14H,4-11H2,1-3H3,(H,19,21). The first-order valence-electron chi connectivity index (χ1n) is 8.09. The highest BCUT2D eigenvalue weighted by atomic mass is 16.1. The van der Waals surface area contributed by atoms with Crippen LogP contribution in [0.1, 0.15) is 55.5 Å². The van der Waals surface area contributed by atoms with Crippen LogP contribution in [0, 0.1) is 6.92 Å². The summed E-state index contributed by atoms with van der Waals surface area (Å²) in [5.41, 5.74) is 1.66. The Bertz CT molecular complexity index is 414. The highest BCUT2D eigenvalue weighted by molar-refractivity contribution is 5.93. The first kappa shape index (κ1) is 17.6. The Morgan fingerprint density at radius 3 is 2.48 bits per heavy atom. The Morgan fingerprint density at radius 1 is 1.14 bits per heavy atom. The molecular formula is C17H29N3O. The molecule has 0 unspecified atom stereocenters. The van der Waals surface area contributed by atoms with Crippen molar-refractivity contribution in [2.75, 3.05) is 26.2 Å². The molecule has 1 amide bonds. The predicted molar refractivity (Wildman–Crippen MR) is 87.6 cm³/mol. The van der Waals surface area contributed by atoms with Crippen molar-refractivity contribution in [3.63, 3.8) is 0 Å². The van der Waals surface area contributed by atoms with E-state index in [1.54, 1.807) is 12.4 Å². The number of rotatable bonds is 10. The average molecular weight is 291 g/mol. The summed E-state index contributed by atoms with van der Waals surface area (Å²) >= 11 is 0. The van der Waals surface area contributed by atoms with Crippen molar-refractivity contribution in [3.8, 4) is 0 Å². The van der Waals surface area contributed by atoms with E-state index < -0.39 is 0 Å². The van der Waals surface area contributed by atoms with Crippen molar-refractivity contribution in [1.29, 1.82) is 0 Å². The third-order valence-electron chi connectivity index (χ3n) is 3.40. The molecule has 0 spiro atoms. The van der Waals surface area contributed by atoms with Crippen molar-refractivity contribution < 1.29 is 4.79 Å². The maximum Gasteiger partial charge on any atom is 0.252 e. The molecular weight excluding hydrogens is 262 g/mol. The van der Waals surface area contributed by atoms with Gasteiger partial charge in [0, 0.05) is 18.9 Å². The molecule has 0 saturated heterocycles. The van der Waals surface area contributed by atoms with Gasteiger partial charge < -0.3 is 10.2 Å². The zero-order valence-electron chi connectivity index (χ0n) is 13.7. The van der Waals surface area contributed by atoms with Gasteiger partial charge in [-0.1, -0.05) is 13.8 Å². The summed E-state index contributed by atoms with van der Waals surface area (Å²) < 4.78 is 0. The van der Waals surface area contributed by atoms with Crippen LogP contribution in [0.2, 0.25) is 0 Å². The lowest BCUT2D eigenvalue weighted by Crippen LogP contribution is -2.28. The summed E-state index contributed by atoms with van der Waals surface area (Å²) in [4.78, 5) is 18.5. The van der Waals surface area contributed by atoms with Gasteiger partial charge in [-0.3, -0.25) is 9.78 Å². The number of nitrogens with one attached hydrogen (secondary N) is 1. The second-order valence-corrected chi connectivity index (χ2v) is 5.56. The van der Waals surface area contributed by atoms with Gasteiger partial charge in [0.15, 0.2) is 0 Å². The van der Waals surface area contributed by atoms with Gasteiger partial charge in [0.1, 0.15) is 0 Å². The third kappa shape index (κ3) is 7.23. The molecule has 1 aromatic rings. The van der Waals surface area contributed by atoms with Crippen LogP contribution in [0.25, 0.3) is 0 Å². The molecule has 0 bridgehead atoms. The molecule has 1 N–H and O–H groups in total. The van der Waals surface area contributed by atoms with Crippen molar-refractivity contribution in [2.24, 2.45) is 0 Å². The molecule has 4 nitrogen and oxygen atoms in total. The minimum atomic E-state index is -0.0230. The van der Waals surface area contributed by atoms with E-state index in [-0.39, 0.29) is 5.91 Å². The van der Waals surface area contributed by atoms with E-state index in [4.69, 9.17) is 0 Å². The Labute approximate surface area is 129 Å². The van der Waals surface area contributed by atoms with E-state index in [2.05, 4.69) is 29.0 Å². The number of carbonyl (C=O) groups is 1. The van der Waals surface area contributed by atoms with Gasteiger partial charge in [0.05, 0.1) is 5.56 Å². The molecule has 1 rings (SSSR count). The zero-order chi connectivity index (χ0) is 15.5. The molecule has 0 atom stereocenters. The second kappa shape index (κ2) is 10.3. The van der Waals surface area contributed by atoms with Gasteiger partial charge >= 0.3 is 0 Å². The molecule has 1 heterocycles. The first-order valence-corrected chi connectivity index (χ1v) is 8.09. The quantitative estimate of drug-likeness (QED) is 0.674. The zero-order valence-corrected chi connectivity index (χ0v) is 13.7. The summed E-state index contributed by atoms with van der Waals surface area (Å²) in [6.45, 7) is 10.6. The summed E-state index contributed by atoms with van der Waals surface area (Å²) in [6, 6.07) is 1.87. The van der Waals surface area contributed by atoms with Gasteiger partial charge in [-0.05, 0) is 63.9 Å². The lowest BCUT2D eigenvalue weighted by molar-refractivity contribution is 0.0952. The van der Waals surface area contributed by atoms with Crippen molar-refractivity contribution in [3.05, 3.63) is 29.6 Å². The molecule has 4 heteroatoms. The van der Waals surface area contributed by atoms with Crippen LogP contribution < -0.4 is 5.32 Å². The number of nitrogens with zero attached hydrogens (tertiary/aromatic N) is 2. The summed E-state index contributed by atoms with van der Waals surface area (Å²) in [6.07, 6.45) is 7.94. The van der Waals surface area contributed by atoms with Gasteiger partial charge in [-0.2, -0.15) is 0 Å². The third-order valence-corrected chi connectivity index (χ3v) is 3.40. The van der Waals surface area contributed by atoms with Crippen molar-refractivity contribution >= 4 is 5.91 Å². The predicted octanol–water partition coefficient (Wildman–Crippen LogP) is 3.02. The molecule has 21 heavy (non-hydrogen) atoms. The van der Waals surface area contributed by atoms with Crippen molar-refractivity contribution in [1.82, 2.24) is 15.2 Å². The van der Waals surface area contributed by atoms with E-state index >= 15 is 0 Å². The molecule has 0 saturated carbocycles. The fraction of sp³-hybridized carbons (Fsp3) is 0.647. The number of amides is 1. The number of hydrogen-bond donors (Lipinski definition) is 1. The second-order valence-electron chi connectivity index (χ2n) is 5.56. The molecule has 0 aliphatic rings. The van der Waals surface area contributed by atoms with Crippen LogP contribution in [-0.4, -0.2) is 42.0 Å². The largest absolute Gasteiger partial charge is 0.352 e. The van der Waals surface area contributed by atoms with Gasteiger partial charge in [0.2, 0.25) is 0 Å². The van der Waals surface area contributed by atoms with Gasteiger partial charge in [-0.15, -0.1) is 0 Å². The Hall–Kier alpha value is -1.42. The maximum atomic E-state index is 11.9. The monoisotopic (exact) mass is 291 g/mol. The Balaban J connectivity index is 2.20. The molecule has 0 aliphatic carbocycles. The first-order chi connectivity index (χ1) is 10.2. The fourth-order valence-electron chi connectivity index (χ4n) is 2.41. The van der Waals surface area contributed by atoms with Crippen LogP contribution in [0.15, 0.2) is 18.5 Å². The van der Waals surface area contributed by atoms with E-state index in [1.807, 2.05) is 13.0 Å². The SMILES string of the molecule is CCCN(CCC)CCCCNC(=O)c1cncc(C)c1. The summed E-state index contributed by atoms with van der Waals surface area (Å²) in [5.74, 6) is -0.0230. The highest BCUT2D eigenvalue weighted by Crippen LogP contribution is 2.02. The molecule has 0 aliphatic heterocycles. The number of aromatic nitrogens is 1. The Kier molecular flexibility index (Phi) is 8.67. The van der Waals surface area contributed by atoms with E-state index in [0.717, 1.165) is 31.5 Å². The topological polar surface area (TPSA) is 45.2 Å². The van der Waals surface area contributed by atoms with Crippen LogP contribution in [0.3, 0.4) is 0 Å². The van der Waals surface area contributed by atoms with Crippen LogP contribution in [0.4, 0.5) is 0 Å². The minimum Gasteiger partial charge on any atom is -0.352 e. The number of pyridine rings is 1. The molecule has 118 valence electrons. The number of aryl methyl sites for hydroxylation is 1. The van der Waals surface area contributed by atoms with Gasteiger partial charge in [0.25, 0.3) is 5.91 Å². The Morgan fingerprint density at radius 2 is 1.86 bits per heavy atom. The van der Waals surface area contributed by atoms with E-state index in [9.17, 15) is 4.79 Å². The lowest BCUT2D eigenvalue weighted by Gasteiger charge is -2.20. The van der Waals surface area contributed by atoms with Crippen LogP contribution in [0.5, 0.6) is 0 Å². The van der Waals surface area contributed by atoms with E-state index in [1.165, 1.54) is 25.9 Å². The number of unbranched alkanes of at least 4 members (excludes halogenated alkanes) is 1. The summed E-state index contributed by atoms with van der Waals surface area (Å²) in [7, 11) is 0. The van der Waals surface area contributed by atoms with E-state index in [0.29, 0.717) is 5.56 Å². The summed E-state index contributed by atoms with van der Waals surface area (Å²) in [5, 5.41) is 2.97. The molecule has 1 aromatic heterocycles.